The molecule has 0 saturated carbocycles. The predicted octanol–water partition coefficient (Wildman–Crippen LogP) is -1.15. The van der Waals surface area contributed by atoms with Crippen molar-refractivity contribution in [2.24, 2.45) is 0 Å². The third kappa shape index (κ3) is 4.24. The van der Waals surface area contributed by atoms with Crippen LogP contribution in [0.5, 0.6) is 0 Å². The first-order chi connectivity index (χ1) is 4.33. The Morgan fingerprint density at radius 1 is 1.60 bits per heavy atom. The van der Waals surface area contributed by atoms with Crippen molar-refractivity contribution in [3.8, 4) is 0 Å². The lowest BCUT2D eigenvalue weighted by atomic mass is 10.4. The first-order valence-corrected chi connectivity index (χ1v) is 3.74. The topological polar surface area (TPSA) is 104 Å². The van der Waals surface area contributed by atoms with Gasteiger partial charge in [0.15, 0.2) is 0 Å². The molecule has 10 heavy (non-hydrogen) atoms. The summed E-state index contributed by atoms with van der Waals surface area (Å²) >= 11 is 0. The van der Waals surface area contributed by atoms with E-state index >= 15 is 0 Å². The van der Waals surface area contributed by atoms with Crippen LogP contribution in [0.1, 0.15) is 6.92 Å². The lowest BCUT2D eigenvalue weighted by molar-refractivity contribution is -0.138. The molecule has 0 radical (unpaired) electrons. The van der Waals surface area contributed by atoms with Gasteiger partial charge in [-0.1, -0.05) is 0 Å². The normalized spacial score (nSPS) is 14.6. The second-order valence-electron chi connectivity index (χ2n) is 1.65. The highest BCUT2D eigenvalue weighted by atomic mass is 32.2. The van der Waals surface area contributed by atoms with Crippen LogP contribution in [0, 0.1) is 0 Å². The molecular formula is C3H7NO5S. The maximum absolute atomic E-state index is 9.94. The van der Waals surface area contributed by atoms with Gasteiger partial charge in [-0.2, -0.15) is 13.1 Å². The Morgan fingerprint density at radius 3 is 2.10 bits per heavy atom. The average molecular weight is 169 g/mol. The molecule has 3 N–H and O–H groups in total. The van der Waals surface area contributed by atoms with E-state index in [1.165, 1.54) is 4.72 Å². The fraction of sp³-hybridized carbons (Fsp3) is 0.667. The Hall–Kier alpha value is -0.660. The summed E-state index contributed by atoms with van der Waals surface area (Å²) < 4.78 is 29.3. The number of hydrogen-bond acceptors (Lipinski definition) is 3. The number of nitrogens with one attached hydrogen (secondary N) is 1. The maximum Gasteiger partial charge on any atom is 0.334 e. The molecule has 1 atom stereocenters. The number of carbonyl (C=O) groups is 1. The van der Waals surface area contributed by atoms with Gasteiger partial charge in [0.05, 0.1) is 0 Å². The Bertz CT molecular complexity index is 219. The van der Waals surface area contributed by atoms with Crippen LogP contribution in [0.2, 0.25) is 0 Å². The summed E-state index contributed by atoms with van der Waals surface area (Å²) in [5.74, 6) is -1.35. The van der Waals surface area contributed by atoms with Gasteiger partial charge in [0.2, 0.25) is 0 Å². The zero-order valence-corrected chi connectivity index (χ0v) is 5.92. The molecule has 0 aliphatic carbocycles. The molecule has 0 saturated heterocycles. The Labute approximate surface area is 57.7 Å². The van der Waals surface area contributed by atoms with E-state index in [9.17, 15) is 13.2 Å². The summed E-state index contributed by atoms with van der Waals surface area (Å²) in [6.45, 7) is 1.09. The fourth-order valence-electron chi connectivity index (χ4n) is 0.274. The minimum Gasteiger partial charge on any atom is -0.480 e. The van der Waals surface area contributed by atoms with Crippen molar-refractivity contribution in [2.75, 3.05) is 0 Å². The molecule has 0 aromatic heterocycles. The minimum absolute atomic E-state index is 1.09. The standard InChI is InChI=1S/C3H7NO5S/c1-2(3(5)6)4-10(7,8)9/h2,4H,1H3,(H,5,6)(H,7,8,9)/t2-/m1/s1. The van der Waals surface area contributed by atoms with Crippen LogP contribution in [-0.2, 0) is 15.1 Å². The number of hydrogen-bond donors (Lipinski definition) is 3. The summed E-state index contributed by atoms with van der Waals surface area (Å²) in [6.07, 6.45) is 0. The van der Waals surface area contributed by atoms with E-state index in [-0.39, 0.29) is 0 Å². The van der Waals surface area contributed by atoms with Crippen molar-refractivity contribution in [1.29, 1.82) is 0 Å². The molecule has 0 aliphatic heterocycles. The predicted molar refractivity (Wildman–Crippen MR) is 31.8 cm³/mol. The van der Waals surface area contributed by atoms with Gasteiger partial charge >= 0.3 is 16.3 Å². The zero-order valence-electron chi connectivity index (χ0n) is 5.10. The number of rotatable bonds is 3. The van der Waals surface area contributed by atoms with Crippen LogP contribution in [0.3, 0.4) is 0 Å². The van der Waals surface area contributed by atoms with Gasteiger partial charge in [0, 0.05) is 0 Å². The van der Waals surface area contributed by atoms with Gasteiger partial charge in [0.25, 0.3) is 0 Å². The van der Waals surface area contributed by atoms with Crippen molar-refractivity contribution in [1.82, 2.24) is 4.72 Å². The molecule has 0 bridgehead atoms. The molecule has 0 heterocycles. The SMILES string of the molecule is C[C@@H](NS(=O)(=O)O)C(=O)O. The van der Waals surface area contributed by atoms with Crippen molar-refractivity contribution < 1.29 is 22.9 Å². The van der Waals surface area contributed by atoms with Crippen molar-refractivity contribution in [3.05, 3.63) is 0 Å². The summed E-state index contributed by atoms with van der Waals surface area (Å²) in [5, 5.41) is 8.11. The van der Waals surface area contributed by atoms with Crippen LogP contribution in [-0.4, -0.2) is 30.1 Å². The van der Waals surface area contributed by atoms with Crippen molar-refractivity contribution in [2.45, 2.75) is 13.0 Å². The monoisotopic (exact) mass is 169 g/mol. The smallest absolute Gasteiger partial charge is 0.334 e. The Balaban J connectivity index is 4.06. The summed E-state index contributed by atoms with van der Waals surface area (Å²) in [6, 6.07) is -1.31. The van der Waals surface area contributed by atoms with Crippen LogP contribution < -0.4 is 4.72 Å². The van der Waals surface area contributed by atoms with Crippen molar-refractivity contribution in [3.63, 3.8) is 0 Å². The van der Waals surface area contributed by atoms with Crippen LogP contribution in [0.25, 0.3) is 0 Å². The molecule has 0 amide bonds. The van der Waals surface area contributed by atoms with E-state index in [1.807, 2.05) is 0 Å². The van der Waals surface area contributed by atoms with Gasteiger partial charge < -0.3 is 5.11 Å². The summed E-state index contributed by atoms with van der Waals surface area (Å²) in [7, 11) is -4.40. The highest BCUT2D eigenvalue weighted by Gasteiger charge is 2.15. The number of carboxylic acid groups (broad SMARTS) is 1. The second-order valence-corrected chi connectivity index (χ2v) is 2.84. The molecule has 0 fully saturated rings. The van der Waals surface area contributed by atoms with Gasteiger partial charge in [-0.05, 0) is 6.92 Å². The Morgan fingerprint density at radius 2 is 2.00 bits per heavy atom. The van der Waals surface area contributed by atoms with Gasteiger partial charge in [-0.25, -0.2) is 0 Å². The third-order valence-electron chi connectivity index (χ3n) is 0.696. The molecule has 0 unspecified atom stereocenters. The quantitative estimate of drug-likeness (QED) is 0.463. The van der Waals surface area contributed by atoms with Gasteiger partial charge in [-0.15, -0.1) is 0 Å². The summed E-state index contributed by atoms with van der Waals surface area (Å²) in [5.41, 5.74) is 0. The average Bonchev–Trinajstić information content (AvgIpc) is 1.60. The largest absolute Gasteiger partial charge is 0.480 e. The van der Waals surface area contributed by atoms with Gasteiger partial charge in [-0.3, -0.25) is 9.35 Å². The molecule has 0 rings (SSSR count). The first-order valence-electron chi connectivity index (χ1n) is 2.30. The van der Waals surface area contributed by atoms with Crippen LogP contribution >= 0.6 is 0 Å². The molecule has 0 spiro atoms. The molecule has 6 nitrogen and oxygen atoms in total. The molecular weight excluding hydrogens is 162 g/mol. The molecule has 0 aliphatic rings. The fourth-order valence-corrected chi connectivity index (χ4v) is 0.821. The van der Waals surface area contributed by atoms with E-state index in [1.54, 1.807) is 0 Å². The Kier molecular flexibility index (Phi) is 2.76. The molecule has 0 aromatic rings. The lowest BCUT2D eigenvalue weighted by Crippen LogP contribution is -2.37. The lowest BCUT2D eigenvalue weighted by Gasteiger charge is -2.03. The van der Waals surface area contributed by atoms with Gasteiger partial charge in [0.1, 0.15) is 6.04 Å². The number of aliphatic carboxylic acids is 1. The van der Waals surface area contributed by atoms with E-state index in [4.69, 9.17) is 9.66 Å². The number of carboxylic acids is 1. The van der Waals surface area contributed by atoms with E-state index < -0.39 is 22.3 Å². The highest BCUT2D eigenvalue weighted by Crippen LogP contribution is 1.83. The van der Waals surface area contributed by atoms with E-state index in [0.29, 0.717) is 0 Å². The van der Waals surface area contributed by atoms with Crippen LogP contribution in [0.15, 0.2) is 0 Å². The summed E-state index contributed by atoms with van der Waals surface area (Å²) in [4.78, 5) is 9.94. The highest BCUT2D eigenvalue weighted by molar-refractivity contribution is 7.83. The third-order valence-corrected chi connectivity index (χ3v) is 1.35. The minimum atomic E-state index is -4.40. The maximum atomic E-state index is 9.94. The van der Waals surface area contributed by atoms with E-state index in [0.717, 1.165) is 6.92 Å². The van der Waals surface area contributed by atoms with E-state index in [2.05, 4.69) is 0 Å². The second kappa shape index (κ2) is 2.95. The molecule has 7 heteroatoms. The first kappa shape index (κ1) is 9.34. The van der Waals surface area contributed by atoms with Crippen LogP contribution in [0.4, 0.5) is 0 Å². The zero-order chi connectivity index (χ0) is 8.36. The van der Waals surface area contributed by atoms with Crippen molar-refractivity contribution >= 4 is 16.3 Å². The molecule has 60 valence electrons. The molecule has 0 aromatic carbocycles.